The van der Waals surface area contributed by atoms with E-state index in [1.54, 1.807) is 13.3 Å². The van der Waals surface area contributed by atoms with Crippen LogP contribution in [0.3, 0.4) is 0 Å². The minimum absolute atomic E-state index is 0.0293. The van der Waals surface area contributed by atoms with Crippen LogP contribution in [0, 0.1) is 0 Å². The molecule has 5 nitrogen and oxygen atoms in total. The zero-order valence-corrected chi connectivity index (χ0v) is 11.2. The number of hydrogen-bond acceptors (Lipinski definition) is 4. The molecule has 96 valence electrons. The summed E-state index contributed by atoms with van der Waals surface area (Å²) in [6.07, 6.45) is 2.75. The second-order valence-corrected chi connectivity index (χ2v) is 4.67. The molecule has 1 aromatic rings. The highest BCUT2D eigenvalue weighted by atomic mass is 32.2. The highest BCUT2D eigenvalue weighted by Crippen LogP contribution is 2.19. The van der Waals surface area contributed by atoms with Gasteiger partial charge in [0, 0.05) is 19.0 Å². The van der Waals surface area contributed by atoms with Crippen molar-refractivity contribution in [3.05, 3.63) is 11.9 Å². The van der Waals surface area contributed by atoms with Crippen LogP contribution >= 0.6 is 11.8 Å². The summed E-state index contributed by atoms with van der Waals surface area (Å²) < 4.78 is 7.26. The maximum absolute atomic E-state index is 10.6. The molecule has 0 radical (unpaired) electrons. The number of aliphatic carboxylic acids is 1. The quantitative estimate of drug-likeness (QED) is 0.753. The van der Waals surface area contributed by atoms with Gasteiger partial charge in [0.15, 0.2) is 5.16 Å². The molecule has 1 rings (SSSR count). The molecule has 0 aliphatic heterocycles. The van der Waals surface area contributed by atoms with Crippen molar-refractivity contribution in [3.63, 3.8) is 0 Å². The molecule has 1 unspecified atom stereocenters. The monoisotopic (exact) mass is 258 g/mol. The number of imidazole rings is 1. The van der Waals surface area contributed by atoms with Crippen molar-refractivity contribution >= 4 is 17.7 Å². The Morgan fingerprint density at radius 2 is 2.41 bits per heavy atom. The molecule has 1 aromatic heterocycles. The molecule has 1 atom stereocenters. The standard InChI is InChI=1S/C11H18N2O3S/c1-4-9-5-12-11(17-7-10(14)15)13(9)6-8(2)16-3/h5,8H,4,6-7H2,1-3H3,(H,14,15). The SMILES string of the molecule is CCc1cnc(SCC(=O)O)n1CC(C)OC. The third kappa shape index (κ3) is 4.05. The van der Waals surface area contributed by atoms with Crippen LogP contribution in [0.4, 0.5) is 0 Å². The zero-order valence-electron chi connectivity index (χ0n) is 10.3. The van der Waals surface area contributed by atoms with Crippen LogP contribution < -0.4 is 0 Å². The van der Waals surface area contributed by atoms with E-state index in [0.29, 0.717) is 6.54 Å². The number of aromatic nitrogens is 2. The minimum Gasteiger partial charge on any atom is -0.481 e. The summed E-state index contributed by atoms with van der Waals surface area (Å²) in [7, 11) is 1.66. The Hall–Kier alpha value is -1.01. The zero-order chi connectivity index (χ0) is 12.8. The summed E-state index contributed by atoms with van der Waals surface area (Å²) in [5.41, 5.74) is 1.10. The second kappa shape index (κ2) is 6.66. The summed E-state index contributed by atoms with van der Waals surface area (Å²) in [4.78, 5) is 14.8. The maximum atomic E-state index is 10.6. The van der Waals surface area contributed by atoms with Crippen molar-refractivity contribution in [1.29, 1.82) is 0 Å². The molecule has 17 heavy (non-hydrogen) atoms. The number of hydrogen-bond donors (Lipinski definition) is 1. The lowest BCUT2D eigenvalue weighted by atomic mass is 10.3. The van der Waals surface area contributed by atoms with Gasteiger partial charge in [-0.05, 0) is 13.3 Å². The predicted octanol–water partition coefficient (Wildman–Crippen LogP) is 1.66. The molecule has 1 heterocycles. The molecule has 0 spiro atoms. The molecular weight excluding hydrogens is 240 g/mol. The lowest BCUT2D eigenvalue weighted by Crippen LogP contribution is -2.17. The number of carboxylic acids is 1. The van der Waals surface area contributed by atoms with Crippen molar-refractivity contribution < 1.29 is 14.6 Å². The number of carbonyl (C=O) groups is 1. The van der Waals surface area contributed by atoms with Crippen LogP contribution in [0.1, 0.15) is 19.5 Å². The van der Waals surface area contributed by atoms with E-state index in [1.807, 2.05) is 11.5 Å². The number of carboxylic acid groups (broad SMARTS) is 1. The van der Waals surface area contributed by atoms with Crippen LogP contribution in [0.2, 0.25) is 0 Å². The highest BCUT2D eigenvalue weighted by Gasteiger charge is 2.13. The number of thioether (sulfide) groups is 1. The fraction of sp³-hybridized carbons (Fsp3) is 0.636. The van der Waals surface area contributed by atoms with E-state index < -0.39 is 5.97 Å². The van der Waals surface area contributed by atoms with E-state index in [2.05, 4.69) is 11.9 Å². The number of nitrogens with zero attached hydrogens (tertiary/aromatic N) is 2. The van der Waals surface area contributed by atoms with E-state index >= 15 is 0 Å². The first-order chi connectivity index (χ1) is 8.08. The van der Waals surface area contributed by atoms with Crippen LogP contribution in [0.5, 0.6) is 0 Å². The summed E-state index contributed by atoms with van der Waals surface area (Å²) in [6, 6.07) is 0. The summed E-state index contributed by atoms with van der Waals surface area (Å²) in [5, 5.41) is 9.42. The van der Waals surface area contributed by atoms with Gasteiger partial charge in [-0.15, -0.1) is 0 Å². The molecule has 0 saturated heterocycles. The first kappa shape index (κ1) is 14.1. The number of ether oxygens (including phenoxy) is 1. The van der Waals surface area contributed by atoms with Crippen LogP contribution in [0.25, 0.3) is 0 Å². The van der Waals surface area contributed by atoms with Gasteiger partial charge in [-0.3, -0.25) is 4.79 Å². The Kier molecular flexibility index (Phi) is 5.50. The molecule has 0 aromatic carbocycles. The molecule has 0 aliphatic rings. The van der Waals surface area contributed by atoms with Crippen molar-refractivity contribution in [1.82, 2.24) is 9.55 Å². The summed E-state index contributed by atoms with van der Waals surface area (Å²) in [5.74, 6) is -0.802. The van der Waals surface area contributed by atoms with Gasteiger partial charge in [-0.2, -0.15) is 0 Å². The van der Waals surface area contributed by atoms with Gasteiger partial charge >= 0.3 is 5.97 Å². The molecule has 0 saturated carbocycles. The maximum Gasteiger partial charge on any atom is 0.313 e. The minimum atomic E-state index is -0.831. The normalized spacial score (nSPS) is 12.6. The Morgan fingerprint density at radius 3 is 2.94 bits per heavy atom. The van der Waals surface area contributed by atoms with Crippen molar-refractivity contribution in [2.75, 3.05) is 12.9 Å². The lowest BCUT2D eigenvalue weighted by molar-refractivity contribution is -0.133. The average molecular weight is 258 g/mol. The van der Waals surface area contributed by atoms with Crippen molar-refractivity contribution in [2.45, 2.75) is 38.1 Å². The van der Waals surface area contributed by atoms with Crippen molar-refractivity contribution in [2.24, 2.45) is 0 Å². The van der Waals surface area contributed by atoms with Gasteiger partial charge in [0.05, 0.1) is 18.4 Å². The first-order valence-corrected chi connectivity index (χ1v) is 6.48. The number of aryl methyl sites for hydroxylation is 1. The topological polar surface area (TPSA) is 64.3 Å². The molecule has 0 aliphatic carbocycles. The van der Waals surface area contributed by atoms with E-state index in [0.717, 1.165) is 17.3 Å². The van der Waals surface area contributed by atoms with Gasteiger partial charge < -0.3 is 14.4 Å². The van der Waals surface area contributed by atoms with Crippen LogP contribution in [0.15, 0.2) is 11.4 Å². The fourth-order valence-electron chi connectivity index (χ4n) is 1.44. The van der Waals surface area contributed by atoms with Gasteiger partial charge in [0.2, 0.25) is 0 Å². The van der Waals surface area contributed by atoms with Crippen molar-refractivity contribution in [3.8, 4) is 0 Å². The number of methoxy groups -OCH3 is 1. The van der Waals surface area contributed by atoms with E-state index in [1.165, 1.54) is 11.8 Å². The Balaban J connectivity index is 2.81. The summed E-state index contributed by atoms with van der Waals surface area (Å²) >= 11 is 1.24. The van der Waals surface area contributed by atoms with Gasteiger partial charge in [-0.1, -0.05) is 18.7 Å². The smallest absolute Gasteiger partial charge is 0.313 e. The third-order valence-electron chi connectivity index (χ3n) is 2.43. The molecular formula is C11H18N2O3S. The van der Waals surface area contributed by atoms with E-state index in [-0.39, 0.29) is 11.9 Å². The van der Waals surface area contributed by atoms with Crippen LogP contribution in [-0.4, -0.2) is 39.6 Å². The van der Waals surface area contributed by atoms with E-state index in [4.69, 9.17) is 9.84 Å². The summed E-state index contributed by atoms with van der Waals surface area (Å²) in [6.45, 7) is 4.73. The fourth-order valence-corrected chi connectivity index (χ4v) is 2.17. The Labute approximate surface area is 105 Å². The Morgan fingerprint density at radius 1 is 1.71 bits per heavy atom. The molecule has 0 fully saturated rings. The lowest BCUT2D eigenvalue weighted by Gasteiger charge is -2.14. The molecule has 6 heteroatoms. The van der Waals surface area contributed by atoms with Gasteiger partial charge in [-0.25, -0.2) is 4.98 Å². The molecule has 0 bridgehead atoms. The second-order valence-electron chi connectivity index (χ2n) is 3.73. The molecule has 1 N–H and O–H groups in total. The van der Waals surface area contributed by atoms with Gasteiger partial charge in [0.25, 0.3) is 0 Å². The highest BCUT2D eigenvalue weighted by molar-refractivity contribution is 7.99. The number of rotatable bonds is 7. The predicted molar refractivity (Wildman–Crippen MR) is 66.4 cm³/mol. The third-order valence-corrected chi connectivity index (χ3v) is 3.41. The first-order valence-electron chi connectivity index (χ1n) is 5.50. The molecule has 0 amide bonds. The largest absolute Gasteiger partial charge is 0.481 e. The van der Waals surface area contributed by atoms with Crippen LogP contribution in [-0.2, 0) is 22.5 Å². The average Bonchev–Trinajstić information content (AvgIpc) is 2.68. The van der Waals surface area contributed by atoms with E-state index in [9.17, 15) is 4.79 Å². The van der Waals surface area contributed by atoms with Gasteiger partial charge in [0.1, 0.15) is 0 Å². The Bertz CT molecular complexity index is 379.